The fourth-order valence-corrected chi connectivity index (χ4v) is 3.34. The number of hydrogen-bond acceptors (Lipinski definition) is 3. The zero-order valence-corrected chi connectivity index (χ0v) is 14.8. The standard InChI is InChI=1S/C19H25N3O3/c1-12(2)18(24)21-22-16-9-8-13(10-14(16)11-17(22)23)19(25)20-15-6-4-3-5-7-15/h8-10,12,15H,3-7,11H2,1-2H3,(H,20,25)(H,21,24). The highest BCUT2D eigenvalue weighted by Gasteiger charge is 2.30. The third-order valence-electron chi connectivity index (χ3n) is 4.86. The minimum absolute atomic E-state index is 0.0909. The highest BCUT2D eigenvalue weighted by Crippen LogP contribution is 2.28. The maximum Gasteiger partial charge on any atom is 0.251 e. The molecule has 0 saturated heterocycles. The van der Waals surface area contributed by atoms with Crippen LogP contribution in [0.4, 0.5) is 5.69 Å². The minimum Gasteiger partial charge on any atom is -0.349 e. The predicted octanol–water partition coefficient (Wildman–Crippen LogP) is 2.33. The molecule has 3 rings (SSSR count). The lowest BCUT2D eigenvalue weighted by molar-refractivity contribution is -0.127. The Balaban J connectivity index is 1.72. The van der Waals surface area contributed by atoms with Crippen molar-refractivity contribution in [3.8, 4) is 0 Å². The van der Waals surface area contributed by atoms with E-state index in [0.29, 0.717) is 11.3 Å². The molecule has 3 amide bonds. The van der Waals surface area contributed by atoms with Crippen molar-refractivity contribution in [1.82, 2.24) is 10.7 Å². The number of nitrogens with one attached hydrogen (secondary N) is 2. The van der Waals surface area contributed by atoms with E-state index in [9.17, 15) is 14.4 Å². The molecule has 1 saturated carbocycles. The van der Waals surface area contributed by atoms with Gasteiger partial charge in [0, 0.05) is 17.5 Å². The Bertz CT molecular complexity index is 693. The van der Waals surface area contributed by atoms with Gasteiger partial charge in [0.15, 0.2) is 0 Å². The van der Waals surface area contributed by atoms with Gasteiger partial charge in [0.2, 0.25) is 11.8 Å². The molecule has 134 valence electrons. The molecule has 0 unspecified atom stereocenters. The number of amides is 3. The summed E-state index contributed by atoms with van der Waals surface area (Å²) < 4.78 is 0. The molecule has 0 bridgehead atoms. The first-order chi connectivity index (χ1) is 12.0. The van der Waals surface area contributed by atoms with Crippen LogP contribution in [0.25, 0.3) is 0 Å². The molecule has 1 fully saturated rings. The predicted molar refractivity (Wildman–Crippen MR) is 95.0 cm³/mol. The van der Waals surface area contributed by atoms with Crippen LogP contribution in [0.3, 0.4) is 0 Å². The van der Waals surface area contributed by atoms with Gasteiger partial charge in [-0.1, -0.05) is 33.1 Å². The largest absolute Gasteiger partial charge is 0.349 e. The number of nitrogens with zero attached hydrogens (tertiary/aromatic N) is 1. The molecule has 2 N–H and O–H groups in total. The van der Waals surface area contributed by atoms with Crippen molar-refractivity contribution < 1.29 is 14.4 Å². The second kappa shape index (κ2) is 7.25. The Morgan fingerprint density at radius 3 is 2.56 bits per heavy atom. The van der Waals surface area contributed by atoms with Gasteiger partial charge in [-0.3, -0.25) is 19.8 Å². The molecule has 0 atom stereocenters. The number of hydrogen-bond donors (Lipinski definition) is 2. The summed E-state index contributed by atoms with van der Waals surface area (Å²) in [6, 6.07) is 5.45. The summed E-state index contributed by atoms with van der Waals surface area (Å²) in [4.78, 5) is 36.5. The van der Waals surface area contributed by atoms with E-state index in [1.54, 1.807) is 32.0 Å². The molecule has 1 aliphatic heterocycles. The van der Waals surface area contributed by atoms with Crippen LogP contribution >= 0.6 is 0 Å². The van der Waals surface area contributed by atoms with Gasteiger partial charge in [-0.25, -0.2) is 5.01 Å². The zero-order chi connectivity index (χ0) is 18.0. The topological polar surface area (TPSA) is 78.5 Å². The first-order valence-corrected chi connectivity index (χ1v) is 9.03. The highest BCUT2D eigenvalue weighted by atomic mass is 16.2. The number of rotatable bonds is 4. The number of benzene rings is 1. The number of fused-ring (bicyclic) bond motifs is 1. The summed E-state index contributed by atoms with van der Waals surface area (Å²) in [5.74, 6) is -0.696. The zero-order valence-electron chi connectivity index (χ0n) is 14.8. The number of carbonyl (C=O) groups is 3. The van der Waals surface area contributed by atoms with Crippen LogP contribution in [0.2, 0.25) is 0 Å². The summed E-state index contributed by atoms with van der Waals surface area (Å²) in [7, 11) is 0. The number of carbonyl (C=O) groups excluding carboxylic acids is 3. The van der Waals surface area contributed by atoms with Gasteiger partial charge in [0.25, 0.3) is 5.91 Å². The summed E-state index contributed by atoms with van der Waals surface area (Å²) >= 11 is 0. The van der Waals surface area contributed by atoms with Crippen LogP contribution in [0, 0.1) is 5.92 Å². The van der Waals surface area contributed by atoms with Crippen LogP contribution in [0.5, 0.6) is 0 Å². The smallest absolute Gasteiger partial charge is 0.251 e. The van der Waals surface area contributed by atoms with E-state index < -0.39 is 0 Å². The van der Waals surface area contributed by atoms with Crippen LogP contribution in [-0.2, 0) is 16.0 Å². The Morgan fingerprint density at radius 2 is 1.88 bits per heavy atom. The molecule has 1 aromatic rings. The average molecular weight is 343 g/mol. The summed E-state index contributed by atoms with van der Waals surface area (Å²) in [6.07, 6.45) is 5.82. The molecule has 6 heteroatoms. The van der Waals surface area contributed by atoms with E-state index in [-0.39, 0.29) is 36.1 Å². The molecular formula is C19H25N3O3. The van der Waals surface area contributed by atoms with Crippen LogP contribution in [0.1, 0.15) is 61.9 Å². The average Bonchev–Trinajstić information content (AvgIpc) is 2.90. The third-order valence-corrected chi connectivity index (χ3v) is 4.86. The molecular weight excluding hydrogens is 318 g/mol. The van der Waals surface area contributed by atoms with E-state index in [1.807, 2.05) is 0 Å². The van der Waals surface area contributed by atoms with Crippen molar-refractivity contribution >= 4 is 23.4 Å². The Kier molecular flexibility index (Phi) is 5.06. The molecule has 1 aromatic carbocycles. The van der Waals surface area contributed by atoms with Crippen molar-refractivity contribution in [3.05, 3.63) is 29.3 Å². The molecule has 0 radical (unpaired) electrons. The van der Waals surface area contributed by atoms with Gasteiger partial charge in [-0.2, -0.15) is 0 Å². The second-order valence-electron chi connectivity index (χ2n) is 7.19. The lowest BCUT2D eigenvalue weighted by atomic mass is 9.95. The quantitative estimate of drug-likeness (QED) is 0.881. The van der Waals surface area contributed by atoms with Gasteiger partial charge in [-0.15, -0.1) is 0 Å². The Hall–Kier alpha value is -2.37. The highest BCUT2D eigenvalue weighted by molar-refractivity contribution is 6.04. The van der Waals surface area contributed by atoms with E-state index in [2.05, 4.69) is 10.7 Å². The molecule has 0 spiro atoms. The van der Waals surface area contributed by atoms with Crippen molar-refractivity contribution in [3.63, 3.8) is 0 Å². The molecule has 25 heavy (non-hydrogen) atoms. The Morgan fingerprint density at radius 1 is 1.16 bits per heavy atom. The van der Waals surface area contributed by atoms with Crippen molar-refractivity contribution in [2.75, 3.05) is 5.01 Å². The maximum atomic E-state index is 12.5. The van der Waals surface area contributed by atoms with Gasteiger partial charge in [0.1, 0.15) is 0 Å². The molecule has 1 heterocycles. The van der Waals surface area contributed by atoms with E-state index in [0.717, 1.165) is 31.2 Å². The van der Waals surface area contributed by atoms with Gasteiger partial charge in [-0.05, 0) is 36.6 Å². The fraction of sp³-hybridized carbons (Fsp3) is 0.526. The van der Waals surface area contributed by atoms with Crippen molar-refractivity contribution in [2.45, 2.75) is 58.4 Å². The van der Waals surface area contributed by atoms with E-state index in [1.165, 1.54) is 11.4 Å². The minimum atomic E-state index is -0.211. The molecule has 1 aliphatic carbocycles. The molecule has 6 nitrogen and oxygen atoms in total. The van der Waals surface area contributed by atoms with Gasteiger partial charge in [0.05, 0.1) is 12.1 Å². The van der Waals surface area contributed by atoms with E-state index >= 15 is 0 Å². The van der Waals surface area contributed by atoms with Gasteiger partial charge >= 0.3 is 0 Å². The SMILES string of the molecule is CC(C)C(=O)NN1C(=O)Cc2cc(C(=O)NC3CCCCC3)ccc21. The summed E-state index contributed by atoms with van der Waals surface area (Å²) in [5, 5.41) is 4.38. The first kappa shape index (κ1) is 17.5. The van der Waals surface area contributed by atoms with Gasteiger partial charge < -0.3 is 5.32 Å². The van der Waals surface area contributed by atoms with Crippen LogP contribution in [-0.4, -0.2) is 23.8 Å². The van der Waals surface area contributed by atoms with Crippen LogP contribution in [0.15, 0.2) is 18.2 Å². The summed E-state index contributed by atoms with van der Waals surface area (Å²) in [6.45, 7) is 3.55. The second-order valence-corrected chi connectivity index (χ2v) is 7.19. The normalized spacial score (nSPS) is 17.6. The molecule has 2 aliphatic rings. The maximum absolute atomic E-state index is 12.5. The lowest BCUT2D eigenvalue weighted by Crippen LogP contribution is -2.46. The number of hydrazine groups is 1. The van der Waals surface area contributed by atoms with E-state index in [4.69, 9.17) is 0 Å². The third kappa shape index (κ3) is 3.83. The van der Waals surface area contributed by atoms with Crippen LogP contribution < -0.4 is 15.8 Å². The summed E-state index contributed by atoms with van der Waals surface area (Å²) in [5.41, 5.74) is 4.62. The first-order valence-electron chi connectivity index (χ1n) is 9.03. The fourth-order valence-electron chi connectivity index (χ4n) is 3.34. The number of anilines is 1. The Labute approximate surface area is 147 Å². The van der Waals surface area contributed by atoms with Crippen molar-refractivity contribution in [2.24, 2.45) is 5.92 Å². The monoisotopic (exact) mass is 343 g/mol. The lowest BCUT2D eigenvalue weighted by Gasteiger charge is -2.23. The van der Waals surface area contributed by atoms with Crippen molar-refractivity contribution in [1.29, 1.82) is 0 Å². The molecule has 0 aromatic heterocycles.